The van der Waals surface area contributed by atoms with Gasteiger partial charge < -0.3 is 9.47 Å². The fourth-order valence-electron chi connectivity index (χ4n) is 2.08. The zero-order valence-electron chi connectivity index (χ0n) is 12.5. The molecule has 0 amide bonds. The van der Waals surface area contributed by atoms with Crippen LogP contribution < -0.4 is 9.47 Å². The summed E-state index contributed by atoms with van der Waals surface area (Å²) in [6.45, 7) is 3.50. The van der Waals surface area contributed by atoms with Gasteiger partial charge in [-0.05, 0) is 43.0 Å². The topological polar surface area (TPSA) is 52.6 Å². The molecule has 1 aromatic carbocycles. The second-order valence-corrected chi connectivity index (χ2v) is 6.71. The highest BCUT2D eigenvalue weighted by Crippen LogP contribution is 2.35. The van der Waals surface area contributed by atoms with Crippen LogP contribution in [-0.2, 0) is 4.79 Å². The van der Waals surface area contributed by atoms with E-state index in [0.29, 0.717) is 17.1 Å². The van der Waals surface area contributed by atoms with Gasteiger partial charge in [0, 0.05) is 17.0 Å². The summed E-state index contributed by atoms with van der Waals surface area (Å²) in [5.41, 5.74) is 1.53. The van der Waals surface area contributed by atoms with Gasteiger partial charge in [-0.1, -0.05) is 0 Å². The molecule has 23 heavy (non-hydrogen) atoms. The van der Waals surface area contributed by atoms with Crippen LogP contribution in [0, 0.1) is 6.92 Å². The van der Waals surface area contributed by atoms with Gasteiger partial charge in [0.25, 0.3) is 0 Å². The quantitative estimate of drug-likeness (QED) is 0.361. The van der Waals surface area contributed by atoms with Gasteiger partial charge in [-0.3, -0.25) is 9.59 Å². The number of ketones is 1. The minimum atomic E-state index is -0.747. The van der Waals surface area contributed by atoms with Crippen molar-refractivity contribution < 1.29 is 19.1 Å². The van der Waals surface area contributed by atoms with Gasteiger partial charge in [0.15, 0.2) is 5.76 Å². The maximum absolute atomic E-state index is 12.4. The molecule has 0 bridgehead atoms. The summed E-state index contributed by atoms with van der Waals surface area (Å²) in [6, 6.07) is 6.64. The minimum absolute atomic E-state index is 0.184. The van der Waals surface area contributed by atoms with Crippen molar-refractivity contribution >= 4 is 40.8 Å². The number of halogens is 1. The fraction of sp³-hybridized carbons (Fsp3) is 0.176. The standard InChI is InChI=1S/C17H13ClO4S/c1-9-5-6-23-15(9)8-14-16(19)12-4-3-11(7-13(12)22-14)21-17(20)10(2)18/h3-8,10H,1-2H3/b14-8-. The first kappa shape index (κ1) is 15.8. The molecular formula is C17H13ClO4S. The van der Waals surface area contributed by atoms with Gasteiger partial charge >= 0.3 is 5.97 Å². The van der Waals surface area contributed by atoms with E-state index in [0.717, 1.165) is 10.4 Å². The number of esters is 1. The molecule has 0 saturated heterocycles. The van der Waals surface area contributed by atoms with Crippen LogP contribution >= 0.6 is 22.9 Å². The van der Waals surface area contributed by atoms with Crippen molar-refractivity contribution in [3.63, 3.8) is 0 Å². The van der Waals surface area contributed by atoms with Gasteiger partial charge in [0.05, 0.1) is 5.56 Å². The number of Topliss-reactive ketones (excluding diaryl/α,β-unsaturated/α-hetero) is 1. The van der Waals surface area contributed by atoms with Gasteiger partial charge in [-0.25, -0.2) is 0 Å². The van der Waals surface area contributed by atoms with Crippen LogP contribution in [0.3, 0.4) is 0 Å². The van der Waals surface area contributed by atoms with Crippen molar-refractivity contribution in [2.24, 2.45) is 0 Å². The molecule has 0 aliphatic carbocycles. The molecule has 4 nitrogen and oxygen atoms in total. The second kappa shape index (κ2) is 6.18. The molecule has 1 aliphatic rings. The molecule has 1 aliphatic heterocycles. The molecule has 1 aromatic heterocycles. The summed E-state index contributed by atoms with van der Waals surface area (Å²) in [4.78, 5) is 24.9. The van der Waals surface area contributed by atoms with Gasteiger partial charge in [0.2, 0.25) is 5.78 Å². The maximum atomic E-state index is 12.4. The molecule has 1 unspecified atom stereocenters. The highest BCUT2D eigenvalue weighted by Gasteiger charge is 2.28. The van der Waals surface area contributed by atoms with E-state index in [1.54, 1.807) is 18.2 Å². The number of carbonyl (C=O) groups is 2. The lowest BCUT2D eigenvalue weighted by Crippen LogP contribution is -2.17. The lowest BCUT2D eigenvalue weighted by molar-refractivity contribution is -0.133. The second-order valence-electron chi connectivity index (χ2n) is 5.10. The summed E-state index contributed by atoms with van der Waals surface area (Å²) in [5.74, 6) is 0.197. The molecule has 2 heterocycles. The first-order chi connectivity index (χ1) is 11.0. The van der Waals surface area contributed by atoms with Crippen molar-refractivity contribution in [3.05, 3.63) is 51.4 Å². The Morgan fingerprint density at radius 2 is 2.17 bits per heavy atom. The Labute approximate surface area is 142 Å². The van der Waals surface area contributed by atoms with Crippen molar-refractivity contribution in [1.29, 1.82) is 0 Å². The summed E-state index contributed by atoms with van der Waals surface area (Å²) < 4.78 is 10.7. The largest absolute Gasteiger partial charge is 0.452 e. The zero-order chi connectivity index (χ0) is 16.6. The highest BCUT2D eigenvalue weighted by atomic mass is 35.5. The molecule has 0 spiro atoms. The van der Waals surface area contributed by atoms with Crippen molar-refractivity contribution in [1.82, 2.24) is 0 Å². The van der Waals surface area contributed by atoms with Gasteiger partial charge in [0.1, 0.15) is 16.9 Å². The first-order valence-electron chi connectivity index (χ1n) is 6.94. The molecule has 0 fully saturated rings. The van der Waals surface area contributed by atoms with Crippen molar-refractivity contribution in [2.75, 3.05) is 0 Å². The monoisotopic (exact) mass is 348 g/mol. The number of thiophene rings is 1. The number of fused-ring (bicyclic) bond motifs is 1. The molecule has 1 atom stereocenters. The van der Waals surface area contributed by atoms with Gasteiger partial charge in [-0.15, -0.1) is 22.9 Å². The van der Waals surface area contributed by atoms with E-state index in [9.17, 15) is 9.59 Å². The number of allylic oxidation sites excluding steroid dienone is 1. The number of alkyl halides is 1. The number of hydrogen-bond donors (Lipinski definition) is 0. The Kier molecular flexibility index (Phi) is 4.24. The lowest BCUT2D eigenvalue weighted by atomic mass is 10.1. The highest BCUT2D eigenvalue weighted by molar-refractivity contribution is 7.11. The SMILES string of the molecule is Cc1ccsc1/C=C1\Oc2cc(OC(=O)C(C)Cl)ccc2C1=O. The van der Waals surface area contributed by atoms with Crippen molar-refractivity contribution in [2.45, 2.75) is 19.2 Å². The maximum Gasteiger partial charge on any atom is 0.329 e. The number of benzene rings is 1. The zero-order valence-corrected chi connectivity index (χ0v) is 14.0. The average molecular weight is 349 g/mol. The van der Waals surface area contributed by atoms with Crippen LogP contribution in [0.1, 0.15) is 27.7 Å². The van der Waals surface area contributed by atoms with Crippen LogP contribution in [0.4, 0.5) is 0 Å². The number of rotatable bonds is 3. The molecule has 118 valence electrons. The van der Waals surface area contributed by atoms with Crippen LogP contribution in [-0.4, -0.2) is 17.1 Å². The van der Waals surface area contributed by atoms with Crippen LogP contribution in [0.2, 0.25) is 0 Å². The average Bonchev–Trinajstić information content (AvgIpc) is 3.04. The minimum Gasteiger partial charge on any atom is -0.452 e. The molecule has 3 rings (SSSR count). The summed E-state index contributed by atoms with van der Waals surface area (Å²) in [7, 11) is 0. The summed E-state index contributed by atoms with van der Waals surface area (Å²) >= 11 is 7.21. The van der Waals surface area contributed by atoms with Crippen LogP contribution in [0.15, 0.2) is 35.4 Å². The number of hydrogen-bond acceptors (Lipinski definition) is 5. The molecule has 0 N–H and O–H groups in total. The molecule has 0 radical (unpaired) electrons. The van der Waals surface area contributed by atoms with E-state index in [1.165, 1.54) is 24.3 Å². The molecule has 6 heteroatoms. The Morgan fingerprint density at radius 3 is 2.83 bits per heavy atom. The third-order valence-electron chi connectivity index (χ3n) is 3.35. The third-order valence-corrected chi connectivity index (χ3v) is 4.49. The Hall–Kier alpha value is -2.11. The summed E-state index contributed by atoms with van der Waals surface area (Å²) in [5, 5.41) is 1.21. The normalized spacial score (nSPS) is 16.1. The molecule has 0 saturated carbocycles. The first-order valence-corrected chi connectivity index (χ1v) is 8.25. The number of ether oxygens (including phenoxy) is 2. The van der Waals surface area contributed by atoms with Gasteiger partial charge in [-0.2, -0.15) is 0 Å². The lowest BCUT2D eigenvalue weighted by Gasteiger charge is -2.06. The predicted octanol–water partition coefficient (Wildman–Crippen LogP) is 4.21. The Balaban J connectivity index is 1.87. The smallest absolute Gasteiger partial charge is 0.329 e. The van der Waals surface area contributed by atoms with E-state index in [4.69, 9.17) is 21.1 Å². The van der Waals surface area contributed by atoms with E-state index >= 15 is 0 Å². The molecule has 2 aromatic rings. The van der Waals surface area contributed by atoms with E-state index in [1.807, 2.05) is 18.4 Å². The number of carbonyl (C=O) groups excluding carboxylic acids is 2. The van der Waals surface area contributed by atoms with Crippen LogP contribution in [0.5, 0.6) is 11.5 Å². The molecular weight excluding hydrogens is 336 g/mol. The van der Waals surface area contributed by atoms with E-state index in [2.05, 4.69) is 0 Å². The Bertz CT molecular complexity index is 820. The van der Waals surface area contributed by atoms with E-state index < -0.39 is 11.3 Å². The fourth-order valence-corrected chi connectivity index (χ4v) is 2.97. The van der Waals surface area contributed by atoms with Crippen molar-refractivity contribution in [3.8, 4) is 11.5 Å². The number of aryl methyl sites for hydroxylation is 1. The summed E-state index contributed by atoms with van der Waals surface area (Å²) in [6.07, 6.45) is 1.73. The Morgan fingerprint density at radius 1 is 1.39 bits per heavy atom. The van der Waals surface area contributed by atoms with E-state index in [-0.39, 0.29) is 11.5 Å². The van der Waals surface area contributed by atoms with Crippen LogP contribution in [0.25, 0.3) is 6.08 Å². The third kappa shape index (κ3) is 3.16. The predicted molar refractivity (Wildman–Crippen MR) is 89.4 cm³/mol.